The molecule has 6 heteroatoms. The number of alkyl halides is 1. The van der Waals surface area contributed by atoms with Crippen LogP contribution in [0.2, 0.25) is 5.02 Å². The second-order valence-corrected chi connectivity index (χ2v) is 11.7. The Kier molecular flexibility index (Phi) is 7.72. The minimum absolute atomic E-state index is 0.240. The van der Waals surface area contributed by atoms with Gasteiger partial charge in [-0.2, -0.15) is 0 Å². The molecule has 1 heterocycles. The van der Waals surface area contributed by atoms with Gasteiger partial charge in [0.15, 0.2) is 0 Å². The van der Waals surface area contributed by atoms with Gasteiger partial charge < -0.3 is 9.64 Å². The van der Waals surface area contributed by atoms with Crippen LogP contribution in [0.1, 0.15) is 54.9 Å². The summed E-state index contributed by atoms with van der Waals surface area (Å²) in [7, 11) is 1.41. The molecule has 4 rings (SSSR count). The fourth-order valence-electron chi connectivity index (χ4n) is 5.45. The molecule has 3 atom stereocenters. The van der Waals surface area contributed by atoms with Gasteiger partial charge in [-0.05, 0) is 78.5 Å². The Balaban J connectivity index is 1.41. The Labute approximate surface area is 211 Å². The molecule has 0 aromatic heterocycles. The van der Waals surface area contributed by atoms with Crippen molar-refractivity contribution < 1.29 is 9.53 Å². The Morgan fingerprint density at radius 1 is 1.12 bits per heavy atom. The molecule has 3 unspecified atom stereocenters. The fraction of sp³-hybridized carbons (Fsp3) is 0.519. The first-order valence-electron chi connectivity index (χ1n) is 11.8. The van der Waals surface area contributed by atoms with Crippen molar-refractivity contribution in [2.75, 3.05) is 38.2 Å². The number of piperazine rings is 1. The summed E-state index contributed by atoms with van der Waals surface area (Å²) in [6.07, 6.45) is 3.78. The summed E-state index contributed by atoms with van der Waals surface area (Å²) in [6.45, 7) is 8.91. The van der Waals surface area contributed by atoms with Gasteiger partial charge >= 0.3 is 5.97 Å². The lowest BCUT2D eigenvalue weighted by Crippen LogP contribution is -2.52. The zero-order valence-electron chi connectivity index (χ0n) is 19.8. The molecule has 2 aromatic rings. The Hall–Kier alpha value is -1.56. The Morgan fingerprint density at radius 2 is 1.82 bits per heavy atom. The van der Waals surface area contributed by atoms with Crippen LogP contribution in [0.5, 0.6) is 0 Å². The first-order valence-corrected chi connectivity index (χ1v) is 13.1. The van der Waals surface area contributed by atoms with Crippen LogP contribution in [-0.4, -0.2) is 49.1 Å². The normalized spacial score (nSPS) is 25.6. The third kappa shape index (κ3) is 5.93. The van der Waals surface area contributed by atoms with Crippen molar-refractivity contribution in [2.24, 2.45) is 11.3 Å². The van der Waals surface area contributed by atoms with E-state index in [-0.39, 0.29) is 10.9 Å². The average molecular weight is 534 g/mol. The van der Waals surface area contributed by atoms with Crippen molar-refractivity contribution in [1.82, 2.24) is 4.90 Å². The Morgan fingerprint density at radius 3 is 2.45 bits per heavy atom. The number of methoxy groups -OCH3 is 1. The molecule has 1 saturated carbocycles. The van der Waals surface area contributed by atoms with E-state index in [1.807, 2.05) is 36.4 Å². The van der Waals surface area contributed by atoms with E-state index >= 15 is 0 Å². The maximum atomic E-state index is 11.7. The van der Waals surface area contributed by atoms with Gasteiger partial charge in [-0.15, -0.1) is 0 Å². The average Bonchev–Trinajstić information content (AvgIpc) is 2.80. The van der Waals surface area contributed by atoms with Crippen molar-refractivity contribution in [3.63, 3.8) is 0 Å². The molecule has 178 valence electrons. The van der Waals surface area contributed by atoms with Gasteiger partial charge in [0.05, 0.1) is 17.6 Å². The molecule has 1 saturated heterocycles. The summed E-state index contributed by atoms with van der Waals surface area (Å²) in [5.74, 6) is 0.932. The van der Waals surface area contributed by atoms with E-state index < -0.39 is 0 Å². The molecular formula is C27H34BrClN2O2. The number of hydrogen-bond donors (Lipinski definition) is 0. The first-order chi connectivity index (χ1) is 15.8. The van der Waals surface area contributed by atoms with Crippen LogP contribution in [0.25, 0.3) is 0 Å². The molecule has 2 aliphatic rings. The molecule has 0 spiro atoms. The lowest BCUT2D eigenvalue weighted by Gasteiger charge is -2.46. The standard InChI is InChI=1S/C27H34BrClN2O2/c1-27(2)13-12-21(24(16-27)19-4-8-22(29)9-5-19)17-30-14-15-31(25(28)18-30)23-10-6-20(7-11-23)26(32)33-3/h4-11,21,24-25H,12-18H2,1-3H3. The molecule has 1 aliphatic heterocycles. The molecule has 0 amide bonds. The molecule has 0 radical (unpaired) electrons. The quantitative estimate of drug-likeness (QED) is 0.247. The number of esters is 1. The highest BCUT2D eigenvalue weighted by molar-refractivity contribution is 9.09. The van der Waals surface area contributed by atoms with Crippen LogP contribution in [0, 0.1) is 11.3 Å². The summed E-state index contributed by atoms with van der Waals surface area (Å²) < 4.78 is 4.81. The highest BCUT2D eigenvalue weighted by Crippen LogP contribution is 2.47. The highest BCUT2D eigenvalue weighted by Gasteiger charge is 2.37. The van der Waals surface area contributed by atoms with Crippen LogP contribution in [-0.2, 0) is 4.74 Å². The predicted molar refractivity (Wildman–Crippen MR) is 140 cm³/mol. The van der Waals surface area contributed by atoms with Gasteiger partial charge in [-0.1, -0.05) is 53.5 Å². The summed E-state index contributed by atoms with van der Waals surface area (Å²) in [5, 5.41) is 0.809. The number of carbonyl (C=O) groups excluding carboxylic acids is 1. The zero-order chi connectivity index (χ0) is 23.6. The van der Waals surface area contributed by atoms with Gasteiger partial charge in [-0.3, -0.25) is 4.90 Å². The molecule has 2 aromatic carbocycles. The van der Waals surface area contributed by atoms with E-state index in [1.54, 1.807) is 0 Å². The first kappa shape index (κ1) is 24.6. The van der Waals surface area contributed by atoms with Gasteiger partial charge in [-0.25, -0.2) is 4.79 Å². The number of halogens is 2. The van der Waals surface area contributed by atoms with Crippen LogP contribution >= 0.6 is 27.5 Å². The highest BCUT2D eigenvalue weighted by atomic mass is 79.9. The molecule has 0 bridgehead atoms. The monoisotopic (exact) mass is 532 g/mol. The van der Waals surface area contributed by atoms with Crippen LogP contribution in [0.15, 0.2) is 48.5 Å². The van der Waals surface area contributed by atoms with E-state index in [1.165, 1.54) is 31.9 Å². The number of nitrogens with zero attached hydrogens (tertiary/aromatic N) is 2. The fourth-order valence-corrected chi connectivity index (χ4v) is 6.42. The topological polar surface area (TPSA) is 32.8 Å². The maximum absolute atomic E-state index is 11.7. The third-order valence-electron chi connectivity index (χ3n) is 7.35. The molecule has 1 aliphatic carbocycles. The number of carbonyl (C=O) groups is 1. The van der Waals surface area contributed by atoms with Crippen LogP contribution < -0.4 is 4.90 Å². The second kappa shape index (κ2) is 10.4. The number of rotatable bonds is 5. The smallest absolute Gasteiger partial charge is 0.337 e. The van der Waals surface area contributed by atoms with Gasteiger partial charge in [0.2, 0.25) is 0 Å². The summed E-state index contributed by atoms with van der Waals surface area (Å²) in [6, 6.07) is 16.2. The molecule has 4 nitrogen and oxygen atoms in total. The molecule has 2 fully saturated rings. The maximum Gasteiger partial charge on any atom is 0.337 e. The van der Waals surface area contributed by atoms with Crippen molar-refractivity contribution in [3.8, 4) is 0 Å². The molecule has 0 N–H and O–H groups in total. The van der Waals surface area contributed by atoms with Crippen molar-refractivity contribution >= 4 is 39.2 Å². The van der Waals surface area contributed by atoms with E-state index in [0.29, 0.717) is 22.8 Å². The summed E-state index contributed by atoms with van der Waals surface area (Å²) in [4.78, 5) is 17.0. The lowest BCUT2D eigenvalue weighted by atomic mass is 9.65. The van der Waals surface area contributed by atoms with E-state index in [4.69, 9.17) is 16.3 Å². The predicted octanol–water partition coefficient (Wildman–Crippen LogP) is 6.58. The van der Waals surface area contributed by atoms with Crippen molar-refractivity contribution in [3.05, 3.63) is 64.7 Å². The number of ether oxygens (including phenoxy) is 1. The van der Waals surface area contributed by atoms with Crippen LogP contribution in [0.4, 0.5) is 5.69 Å². The lowest BCUT2D eigenvalue weighted by molar-refractivity contribution is 0.0600. The van der Waals surface area contributed by atoms with E-state index in [0.717, 1.165) is 36.9 Å². The van der Waals surface area contributed by atoms with Crippen molar-refractivity contribution in [1.29, 1.82) is 0 Å². The number of hydrogen-bond acceptors (Lipinski definition) is 4. The Bertz CT molecular complexity index is 948. The largest absolute Gasteiger partial charge is 0.465 e. The summed E-state index contributed by atoms with van der Waals surface area (Å²) >= 11 is 10.1. The zero-order valence-corrected chi connectivity index (χ0v) is 22.1. The van der Waals surface area contributed by atoms with Crippen LogP contribution in [0.3, 0.4) is 0 Å². The second-order valence-electron chi connectivity index (χ2n) is 10.3. The minimum atomic E-state index is -0.298. The van der Waals surface area contributed by atoms with E-state index in [2.05, 4.69) is 51.7 Å². The minimum Gasteiger partial charge on any atom is -0.465 e. The van der Waals surface area contributed by atoms with Crippen molar-refractivity contribution in [2.45, 2.75) is 44.0 Å². The molecular weight excluding hydrogens is 500 g/mol. The SMILES string of the molecule is COC(=O)c1ccc(N2CCN(CC3CCC(C)(C)CC3c3ccc(Cl)cc3)CC2Br)cc1. The third-order valence-corrected chi connectivity index (χ3v) is 8.38. The summed E-state index contributed by atoms with van der Waals surface area (Å²) in [5.41, 5.74) is 3.52. The van der Waals surface area contributed by atoms with Gasteiger partial charge in [0.25, 0.3) is 0 Å². The van der Waals surface area contributed by atoms with E-state index in [9.17, 15) is 4.79 Å². The van der Waals surface area contributed by atoms with Gasteiger partial charge in [0, 0.05) is 36.9 Å². The van der Waals surface area contributed by atoms with Gasteiger partial charge in [0.1, 0.15) is 0 Å². The number of anilines is 1. The number of benzene rings is 2. The molecule has 33 heavy (non-hydrogen) atoms.